The molecule has 4 atom stereocenters. The van der Waals surface area contributed by atoms with E-state index in [0.29, 0.717) is 55.1 Å². The average Bonchev–Trinajstić information content (AvgIpc) is 3.89. The smallest absolute Gasteiger partial charge is 0.321 e. The molecule has 0 amide bonds. The highest BCUT2D eigenvalue weighted by Gasteiger charge is 2.49. The number of morpholine rings is 1. The molecule has 0 unspecified atom stereocenters. The van der Waals surface area contributed by atoms with Crippen LogP contribution in [0, 0.1) is 11.3 Å². The summed E-state index contributed by atoms with van der Waals surface area (Å²) in [6.45, 7) is 5.07. The van der Waals surface area contributed by atoms with Gasteiger partial charge >= 0.3 is 6.01 Å². The first-order valence-corrected chi connectivity index (χ1v) is 16.9. The average molecular weight is 662 g/mol. The largest absolute Gasteiger partial charge is 0.461 e. The number of hydrogen-bond donors (Lipinski definition) is 1. The van der Waals surface area contributed by atoms with Gasteiger partial charge in [0.1, 0.15) is 30.0 Å². The standard InChI is InChI=1S/C31H36FN11O3S/c1-30(6-3-5-22-23(30)20(12-33)24(34)47-22)27-36-26(40-46-27)25-37-28(42-9-10-44-21(16-42)18-13-35-41(2)14-18)39-29(38-25)45-17-31-7-4-8-43(31)15-19(32)11-31/h13-14,19,21H,3-11,15-17,34H2,1-2H3/t19-,21+,30+,31+/m1/s1. The van der Waals surface area contributed by atoms with Gasteiger partial charge in [-0.25, -0.2) is 4.39 Å². The van der Waals surface area contributed by atoms with Crippen LogP contribution in [0.5, 0.6) is 6.01 Å². The molecule has 0 aromatic carbocycles. The molecule has 1 aliphatic carbocycles. The van der Waals surface area contributed by atoms with Crippen molar-refractivity contribution in [1.82, 2.24) is 39.8 Å². The van der Waals surface area contributed by atoms with E-state index < -0.39 is 11.6 Å². The number of nitrogens with zero attached hydrogens (tertiary/aromatic N) is 10. The van der Waals surface area contributed by atoms with E-state index in [0.717, 1.165) is 54.7 Å². The lowest BCUT2D eigenvalue weighted by Crippen LogP contribution is -2.43. The first kappa shape index (κ1) is 30.2. The Morgan fingerprint density at radius 2 is 2.06 bits per heavy atom. The second-order valence-corrected chi connectivity index (χ2v) is 14.4. The topological polar surface area (TPSA) is 170 Å². The quantitative estimate of drug-likeness (QED) is 0.306. The number of aromatic nitrogens is 7. The summed E-state index contributed by atoms with van der Waals surface area (Å²) in [5.41, 5.74) is 7.47. The Kier molecular flexibility index (Phi) is 7.38. The Balaban J connectivity index is 1.14. The molecular weight excluding hydrogens is 625 g/mol. The highest BCUT2D eigenvalue weighted by Crippen LogP contribution is 2.48. The Hall–Kier alpha value is -4.20. The van der Waals surface area contributed by atoms with Gasteiger partial charge in [-0.2, -0.15) is 30.3 Å². The van der Waals surface area contributed by atoms with Crippen molar-refractivity contribution >= 4 is 22.3 Å². The number of fused-ring (bicyclic) bond motifs is 2. The third kappa shape index (κ3) is 5.20. The number of nitrogen functional groups attached to an aromatic ring is 1. The molecule has 7 heterocycles. The summed E-state index contributed by atoms with van der Waals surface area (Å²) in [6, 6.07) is 2.41. The van der Waals surface area contributed by atoms with Crippen molar-refractivity contribution in [2.75, 3.05) is 50.0 Å². The second kappa shape index (κ2) is 11.5. The molecule has 0 radical (unpaired) electrons. The number of rotatable bonds is 7. The molecule has 2 N–H and O–H groups in total. The number of ether oxygens (including phenoxy) is 2. The van der Waals surface area contributed by atoms with Crippen LogP contribution in [0.1, 0.15) is 72.6 Å². The Bertz CT molecular complexity index is 1850. The van der Waals surface area contributed by atoms with Gasteiger partial charge in [-0.15, -0.1) is 11.3 Å². The summed E-state index contributed by atoms with van der Waals surface area (Å²) >= 11 is 1.45. The number of alkyl halides is 1. The van der Waals surface area contributed by atoms with Gasteiger partial charge in [0.15, 0.2) is 0 Å². The summed E-state index contributed by atoms with van der Waals surface area (Å²) in [5.74, 6) is 1.15. The number of nitriles is 1. The van der Waals surface area contributed by atoms with Gasteiger partial charge in [-0.3, -0.25) is 9.58 Å². The van der Waals surface area contributed by atoms with Crippen LogP contribution in [-0.2, 0) is 23.6 Å². The zero-order valence-electron chi connectivity index (χ0n) is 26.4. The summed E-state index contributed by atoms with van der Waals surface area (Å²) in [6.07, 6.45) is 7.40. The maximum absolute atomic E-state index is 14.5. The molecule has 14 nitrogen and oxygen atoms in total. The van der Waals surface area contributed by atoms with Gasteiger partial charge in [0.05, 0.1) is 35.9 Å². The molecule has 3 saturated heterocycles. The van der Waals surface area contributed by atoms with Crippen LogP contribution in [0.3, 0.4) is 0 Å². The van der Waals surface area contributed by atoms with E-state index >= 15 is 0 Å². The maximum Gasteiger partial charge on any atom is 0.321 e. The van der Waals surface area contributed by atoms with Gasteiger partial charge in [-0.05, 0) is 45.6 Å². The molecule has 4 aliphatic rings. The molecule has 0 bridgehead atoms. The zero-order valence-corrected chi connectivity index (χ0v) is 27.2. The van der Waals surface area contributed by atoms with Crippen molar-refractivity contribution in [2.45, 2.75) is 68.7 Å². The van der Waals surface area contributed by atoms with Gasteiger partial charge in [0, 0.05) is 48.8 Å². The van der Waals surface area contributed by atoms with Crippen molar-refractivity contribution in [1.29, 1.82) is 5.26 Å². The van der Waals surface area contributed by atoms with Gasteiger partial charge < -0.3 is 24.6 Å². The first-order chi connectivity index (χ1) is 22.7. The number of halogens is 1. The Morgan fingerprint density at radius 1 is 1.17 bits per heavy atom. The third-order valence-corrected chi connectivity index (χ3v) is 11.2. The molecule has 16 heteroatoms. The van der Waals surface area contributed by atoms with E-state index in [1.54, 1.807) is 10.9 Å². The van der Waals surface area contributed by atoms with Crippen molar-refractivity contribution in [3.8, 4) is 23.7 Å². The van der Waals surface area contributed by atoms with E-state index in [1.165, 1.54) is 11.3 Å². The number of hydrogen-bond acceptors (Lipinski definition) is 14. The fourth-order valence-corrected chi connectivity index (χ4v) is 8.98. The van der Waals surface area contributed by atoms with Gasteiger partial charge in [0.2, 0.25) is 23.5 Å². The van der Waals surface area contributed by atoms with Crippen molar-refractivity contribution in [3.05, 3.63) is 39.9 Å². The molecule has 3 fully saturated rings. The normalized spacial score (nSPS) is 27.5. The monoisotopic (exact) mass is 661 g/mol. The molecule has 3 aliphatic heterocycles. The van der Waals surface area contributed by atoms with E-state index in [-0.39, 0.29) is 35.9 Å². The molecule has 8 rings (SSSR count). The van der Waals surface area contributed by atoms with E-state index in [1.807, 2.05) is 25.1 Å². The highest BCUT2D eigenvalue weighted by molar-refractivity contribution is 7.16. The Morgan fingerprint density at radius 3 is 2.89 bits per heavy atom. The summed E-state index contributed by atoms with van der Waals surface area (Å²) in [7, 11) is 1.87. The summed E-state index contributed by atoms with van der Waals surface area (Å²) < 4.78 is 34.5. The predicted molar refractivity (Wildman–Crippen MR) is 169 cm³/mol. The Labute approximate surface area is 274 Å². The number of nitrogens with two attached hydrogens (primary N) is 1. The van der Waals surface area contributed by atoms with E-state index in [9.17, 15) is 9.65 Å². The zero-order chi connectivity index (χ0) is 32.3. The molecular formula is C31H36FN11O3S. The molecule has 0 saturated carbocycles. The maximum atomic E-state index is 14.5. The van der Waals surface area contributed by atoms with Crippen LogP contribution in [-0.4, -0.2) is 90.9 Å². The number of anilines is 2. The van der Waals surface area contributed by atoms with Crippen molar-refractivity contribution in [2.24, 2.45) is 7.05 Å². The molecule has 4 aromatic heterocycles. The minimum absolute atomic E-state index is 0.118. The van der Waals surface area contributed by atoms with Crippen LogP contribution >= 0.6 is 11.3 Å². The van der Waals surface area contributed by atoms with Crippen LogP contribution < -0.4 is 15.4 Å². The fraction of sp³-hybridized carbons (Fsp3) is 0.581. The van der Waals surface area contributed by atoms with Gasteiger partial charge in [-0.1, -0.05) is 5.16 Å². The summed E-state index contributed by atoms with van der Waals surface area (Å²) in [4.78, 5) is 24.3. The lowest BCUT2D eigenvalue weighted by Gasteiger charge is -2.33. The lowest BCUT2D eigenvalue weighted by molar-refractivity contribution is 0.0390. The first-order valence-electron chi connectivity index (χ1n) is 16.0. The van der Waals surface area contributed by atoms with Gasteiger partial charge in [0.25, 0.3) is 0 Å². The predicted octanol–water partition coefficient (Wildman–Crippen LogP) is 3.35. The minimum Gasteiger partial charge on any atom is -0.461 e. The molecule has 246 valence electrons. The minimum atomic E-state index is -0.874. The highest BCUT2D eigenvalue weighted by atomic mass is 32.1. The fourth-order valence-electron chi connectivity index (χ4n) is 7.79. The lowest BCUT2D eigenvalue weighted by atomic mass is 9.72. The number of aryl methyl sites for hydroxylation is 2. The molecule has 4 aromatic rings. The van der Waals surface area contributed by atoms with E-state index in [2.05, 4.69) is 26.2 Å². The van der Waals surface area contributed by atoms with Crippen LogP contribution in [0.15, 0.2) is 16.9 Å². The SMILES string of the molecule is Cn1cc([C@@H]2CN(c3nc(OC[C@@]45CCCN4C[C@H](F)C5)nc(-c4noc([C@@]5(C)CCCc6sc(N)c(C#N)c65)n4)n3)CCO2)cn1. The van der Waals surface area contributed by atoms with Crippen LogP contribution in [0.2, 0.25) is 0 Å². The molecule has 47 heavy (non-hydrogen) atoms. The van der Waals surface area contributed by atoms with Crippen molar-refractivity contribution < 1.29 is 18.4 Å². The second-order valence-electron chi connectivity index (χ2n) is 13.2. The third-order valence-electron chi connectivity index (χ3n) is 10.1. The molecule has 0 spiro atoms. The van der Waals surface area contributed by atoms with Crippen LogP contribution in [0.25, 0.3) is 11.6 Å². The summed E-state index contributed by atoms with van der Waals surface area (Å²) in [5, 5.41) is 19.1. The van der Waals surface area contributed by atoms with Crippen molar-refractivity contribution in [3.63, 3.8) is 0 Å². The van der Waals surface area contributed by atoms with E-state index in [4.69, 9.17) is 34.7 Å². The van der Waals surface area contributed by atoms with Crippen LogP contribution in [0.4, 0.5) is 15.3 Å². The number of thiophene rings is 1.